The summed E-state index contributed by atoms with van der Waals surface area (Å²) in [7, 11) is 3.03. The standard InChI is InChI=1S/C15H21NO5/c1-5-10(15(18)19)8-16-14(17)11-6-12(20-3)9(2)13(7-11)21-4/h6-7,10H,5,8H2,1-4H3,(H,16,17)(H,18,19). The molecular weight excluding hydrogens is 274 g/mol. The molecule has 0 spiro atoms. The molecule has 0 heterocycles. The monoisotopic (exact) mass is 295 g/mol. The molecule has 0 saturated heterocycles. The zero-order valence-electron chi connectivity index (χ0n) is 12.7. The molecule has 0 saturated carbocycles. The third-order valence-corrected chi connectivity index (χ3v) is 3.37. The number of aliphatic carboxylic acids is 1. The summed E-state index contributed by atoms with van der Waals surface area (Å²) in [6.07, 6.45) is 0.455. The first kappa shape index (κ1) is 16.8. The summed E-state index contributed by atoms with van der Waals surface area (Å²) >= 11 is 0. The highest BCUT2D eigenvalue weighted by Gasteiger charge is 2.18. The highest BCUT2D eigenvalue weighted by molar-refractivity contribution is 5.95. The van der Waals surface area contributed by atoms with Crippen molar-refractivity contribution in [3.63, 3.8) is 0 Å². The maximum absolute atomic E-state index is 12.1. The molecule has 1 atom stereocenters. The van der Waals surface area contributed by atoms with Crippen molar-refractivity contribution in [1.82, 2.24) is 5.32 Å². The van der Waals surface area contributed by atoms with E-state index in [4.69, 9.17) is 14.6 Å². The van der Waals surface area contributed by atoms with Gasteiger partial charge in [-0.15, -0.1) is 0 Å². The minimum absolute atomic E-state index is 0.0865. The quantitative estimate of drug-likeness (QED) is 0.802. The summed E-state index contributed by atoms with van der Waals surface area (Å²) in [5, 5.41) is 11.6. The first-order valence-electron chi connectivity index (χ1n) is 6.68. The summed E-state index contributed by atoms with van der Waals surface area (Å²) in [6.45, 7) is 3.68. The maximum Gasteiger partial charge on any atom is 0.308 e. The van der Waals surface area contributed by atoms with Crippen LogP contribution in [0.15, 0.2) is 12.1 Å². The normalized spacial score (nSPS) is 11.6. The van der Waals surface area contributed by atoms with Gasteiger partial charge in [0.1, 0.15) is 11.5 Å². The second kappa shape index (κ2) is 7.52. The molecule has 1 unspecified atom stereocenters. The lowest BCUT2D eigenvalue weighted by atomic mass is 10.1. The van der Waals surface area contributed by atoms with E-state index in [1.54, 1.807) is 19.1 Å². The van der Waals surface area contributed by atoms with E-state index < -0.39 is 11.9 Å². The molecule has 2 N–H and O–H groups in total. The average Bonchev–Trinajstić information content (AvgIpc) is 2.47. The van der Waals surface area contributed by atoms with Crippen LogP contribution in [0.25, 0.3) is 0 Å². The third-order valence-electron chi connectivity index (χ3n) is 3.37. The molecule has 116 valence electrons. The van der Waals surface area contributed by atoms with Gasteiger partial charge in [0.15, 0.2) is 0 Å². The Morgan fingerprint density at radius 2 is 1.76 bits per heavy atom. The molecule has 1 aromatic carbocycles. The molecule has 6 heteroatoms. The molecule has 0 aromatic heterocycles. The van der Waals surface area contributed by atoms with Gasteiger partial charge in [-0.2, -0.15) is 0 Å². The second-order valence-corrected chi connectivity index (χ2v) is 4.66. The molecular formula is C15H21NO5. The fraction of sp³-hybridized carbons (Fsp3) is 0.467. The number of nitrogens with one attached hydrogen (secondary N) is 1. The van der Waals surface area contributed by atoms with Crippen molar-refractivity contribution in [3.05, 3.63) is 23.3 Å². The molecule has 6 nitrogen and oxygen atoms in total. The van der Waals surface area contributed by atoms with Crippen LogP contribution >= 0.6 is 0 Å². The largest absolute Gasteiger partial charge is 0.496 e. The van der Waals surface area contributed by atoms with Gasteiger partial charge in [0.05, 0.1) is 20.1 Å². The van der Waals surface area contributed by atoms with Gasteiger partial charge >= 0.3 is 5.97 Å². The van der Waals surface area contributed by atoms with Gasteiger partial charge in [-0.3, -0.25) is 9.59 Å². The predicted molar refractivity (Wildman–Crippen MR) is 78.0 cm³/mol. The van der Waals surface area contributed by atoms with Crippen molar-refractivity contribution >= 4 is 11.9 Å². The number of carbonyl (C=O) groups is 2. The van der Waals surface area contributed by atoms with E-state index in [2.05, 4.69) is 5.32 Å². The van der Waals surface area contributed by atoms with Crippen LogP contribution in [-0.4, -0.2) is 37.7 Å². The molecule has 1 aromatic rings. The number of hydrogen-bond acceptors (Lipinski definition) is 4. The third kappa shape index (κ3) is 4.11. The zero-order chi connectivity index (χ0) is 16.0. The van der Waals surface area contributed by atoms with Crippen molar-refractivity contribution < 1.29 is 24.2 Å². The Kier molecular flexibility index (Phi) is 6.02. The number of carboxylic acids is 1. The van der Waals surface area contributed by atoms with E-state index >= 15 is 0 Å². The SMILES string of the molecule is CCC(CNC(=O)c1cc(OC)c(C)c(OC)c1)C(=O)O. The van der Waals surface area contributed by atoms with Gasteiger partial charge in [-0.1, -0.05) is 6.92 Å². The van der Waals surface area contributed by atoms with Gasteiger partial charge in [0.2, 0.25) is 0 Å². The zero-order valence-corrected chi connectivity index (χ0v) is 12.7. The maximum atomic E-state index is 12.1. The van der Waals surface area contributed by atoms with E-state index in [9.17, 15) is 9.59 Å². The van der Waals surface area contributed by atoms with Crippen molar-refractivity contribution in [2.45, 2.75) is 20.3 Å². The Morgan fingerprint density at radius 3 is 2.14 bits per heavy atom. The summed E-state index contributed by atoms with van der Waals surface area (Å²) in [4.78, 5) is 23.1. The molecule has 0 aliphatic heterocycles. The topological polar surface area (TPSA) is 84.9 Å². The highest BCUT2D eigenvalue weighted by Crippen LogP contribution is 2.29. The van der Waals surface area contributed by atoms with E-state index in [0.717, 1.165) is 5.56 Å². The van der Waals surface area contributed by atoms with Crippen LogP contribution in [0.2, 0.25) is 0 Å². The van der Waals surface area contributed by atoms with E-state index in [-0.39, 0.29) is 12.5 Å². The fourth-order valence-corrected chi connectivity index (χ4v) is 1.94. The number of rotatable bonds is 7. The molecule has 0 aliphatic carbocycles. The average molecular weight is 295 g/mol. The molecule has 0 fully saturated rings. The minimum Gasteiger partial charge on any atom is -0.496 e. The van der Waals surface area contributed by atoms with Crippen LogP contribution in [0.3, 0.4) is 0 Å². The first-order valence-corrected chi connectivity index (χ1v) is 6.68. The van der Waals surface area contributed by atoms with Gasteiger partial charge in [0, 0.05) is 17.7 Å². The van der Waals surface area contributed by atoms with Gasteiger partial charge in [-0.05, 0) is 25.5 Å². The van der Waals surface area contributed by atoms with Gasteiger partial charge in [0.25, 0.3) is 5.91 Å². The number of amides is 1. The summed E-state index contributed by atoms with van der Waals surface area (Å²) in [5.74, 6) is -0.777. The lowest BCUT2D eigenvalue weighted by molar-refractivity contribution is -0.141. The Morgan fingerprint density at radius 1 is 1.24 bits per heavy atom. The summed E-state index contributed by atoms with van der Waals surface area (Å²) in [5.41, 5.74) is 1.17. The van der Waals surface area contributed by atoms with Crippen LogP contribution in [0.4, 0.5) is 0 Å². The Balaban J connectivity index is 2.90. The molecule has 1 amide bonds. The Hall–Kier alpha value is -2.24. The van der Waals surface area contributed by atoms with E-state index in [1.165, 1.54) is 14.2 Å². The van der Waals surface area contributed by atoms with Crippen molar-refractivity contribution in [2.24, 2.45) is 5.92 Å². The lowest BCUT2D eigenvalue weighted by Crippen LogP contribution is -2.32. The number of carbonyl (C=O) groups excluding carboxylic acids is 1. The highest BCUT2D eigenvalue weighted by atomic mass is 16.5. The van der Waals surface area contributed by atoms with Crippen LogP contribution in [0.1, 0.15) is 29.3 Å². The first-order chi connectivity index (χ1) is 9.94. The van der Waals surface area contributed by atoms with Crippen molar-refractivity contribution in [1.29, 1.82) is 0 Å². The number of carboxylic acid groups (broad SMARTS) is 1. The minimum atomic E-state index is -0.920. The molecule has 21 heavy (non-hydrogen) atoms. The Bertz CT molecular complexity index is 502. The van der Waals surface area contributed by atoms with Gasteiger partial charge < -0.3 is 19.9 Å². The lowest BCUT2D eigenvalue weighted by Gasteiger charge is -2.14. The Labute approximate surface area is 124 Å². The smallest absolute Gasteiger partial charge is 0.308 e. The molecule has 0 radical (unpaired) electrons. The molecule has 0 bridgehead atoms. The van der Waals surface area contributed by atoms with Crippen molar-refractivity contribution in [3.8, 4) is 11.5 Å². The molecule has 1 rings (SSSR count). The van der Waals surface area contributed by atoms with Crippen molar-refractivity contribution in [2.75, 3.05) is 20.8 Å². The summed E-state index contributed by atoms with van der Waals surface area (Å²) < 4.78 is 10.4. The van der Waals surface area contributed by atoms with Crippen LogP contribution in [0, 0.1) is 12.8 Å². The second-order valence-electron chi connectivity index (χ2n) is 4.66. The van der Waals surface area contributed by atoms with E-state index in [1.807, 2.05) is 6.92 Å². The van der Waals surface area contributed by atoms with Crippen LogP contribution in [-0.2, 0) is 4.79 Å². The summed E-state index contributed by atoms with van der Waals surface area (Å²) in [6, 6.07) is 3.21. The number of methoxy groups -OCH3 is 2. The number of ether oxygens (including phenoxy) is 2. The van der Waals surface area contributed by atoms with Crippen LogP contribution < -0.4 is 14.8 Å². The number of hydrogen-bond donors (Lipinski definition) is 2. The molecule has 0 aliphatic rings. The number of benzene rings is 1. The fourth-order valence-electron chi connectivity index (χ4n) is 1.94. The van der Waals surface area contributed by atoms with Gasteiger partial charge in [-0.25, -0.2) is 0 Å². The van der Waals surface area contributed by atoms with E-state index in [0.29, 0.717) is 23.5 Å². The van der Waals surface area contributed by atoms with Crippen LogP contribution in [0.5, 0.6) is 11.5 Å². The predicted octanol–water partition coefficient (Wildman–Crippen LogP) is 1.85.